The predicted octanol–water partition coefficient (Wildman–Crippen LogP) is 1.99. The second kappa shape index (κ2) is 6.65. The first-order chi connectivity index (χ1) is 9.29. The highest BCUT2D eigenvalue weighted by atomic mass is 16.3. The Bertz CT molecular complexity index is 447. The van der Waals surface area contributed by atoms with Crippen molar-refractivity contribution in [1.29, 1.82) is 5.26 Å². The molecule has 1 heterocycles. The van der Waals surface area contributed by atoms with Crippen molar-refractivity contribution in [2.45, 2.75) is 38.6 Å². The molecule has 0 radical (unpaired) electrons. The van der Waals surface area contributed by atoms with Gasteiger partial charge < -0.3 is 10.4 Å². The highest BCUT2D eigenvalue weighted by Gasteiger charge is 2.30. The zero-order valence-electron chi connectivity index (χ0n) is 11.2. The molecule has 0 amide bonds. The molecule has 0 unspecified atom stereocenters. The van der Waals surface area contributed by atoms with Crippen molar-refractivity contribution >= 4 is 0 Å². The van der Waals surface area contributed by atoms with Crippen molar-refractivity contribution in [2.24, 2.45) is 5.41 Å². The number of nitrogens with zero attached hydrogens (tertiary/aromatic N) is 2. The maximum Gasteiger partial charge on any atom is 0.144 e. The van der Waals surface area contributed by atoms with Crippen LogP contribution in [0.25, 0.3) is 0 Å². The standard InChI is InChI=1S/C15H21N3O/c16-9-14-13(5-4-8-18-14)10-17-11-15(12-19)6-2-1-3-7-15/h4-5,8,17,19H,1-3,6-7,10-12H2. The van der Waals surface area contributed by atoms with E-state index in [1.807, 2.05) is 12.1 Å². The number of hydrogen-bond acceptors (Lipinski definition) is 4. The Morgan fingerprint density at radius 1 is 1.37 bits per heavy atom. The van der Waals surface area contributed by atoms with Crippen LogP contribution in [0.4, 0.5) is 0 Å². The minimum Gasteiger partial charge on any atom is -0.396 e. The molecular formula is C15H21N3O. The maximum atomic E-state index is 9.63. The van der Waals surface area contributed by atoms with Gasteiger partial charge in [-0.15, -0.1) is 0 Å². The molecule has 102 valence electrons. The van der Waals surface area contributed by atoms with Crippen molar-refractivity contribution in [2.75, 3.05) is 13.2 Å². The molecule has 4 nitrogen and oxygen atoms in total. The molecule has 0 spiro atoms. The molecule has 1 saturated carbocycles. The lowest BCUT2D eigenvalue weighted by Crippen LogP contribution is -2.38. The first-order valence-electron chi connectivity index (χ1n) is 6.95. The van der Waals surface area contributed by atoms with E-state index in [4.69, 9.17) is 5.26 Å². The first-order valence-corrected chi connectivity index (χ1v) is 6.95. The number of hydrogen-bond donors (Lipinski definition) is 2. The van der Waals surface area contributed by atoms with Gasteiger partial charge in [0.2, 0.25) is 0 Å². The van der Waals surface area contributed by atoms with Crippen LogP contribution >= 0.6 is 0 Å². The summed E-state index contributed by atoms with van der Waals surface area (Å²) in [6.45, 7) is 1.69. The summed E-state index contributed by atoms with van der Waals surface area (Å²) >= 11 is 0. The Morgan fingerprint density at radius 3 is 2.84 bits per heavy atom. The Balaban J connectivity index is 1.90. The minimum atomic E-state index is 0.0350. The fraction of sp³-hybridized carbons (Fsp3) is 0.600. The molecule has 0 aromatic carbocycles. The number of aromatic nitrogens is 1. The van der Waals surface area contributed by atoms with Crippen molar-refractivity contribution < 1.29 is 5.11 Å². The van der Waals surface area contributed by atoms with Gasteiger partial charge in [0.1, 0.15) is 11.8 Å². The van der Waals surface area contributed by atoms with Crippen LogP contribution in [-0.2, 0) is 6.54 Å². The molecule has 1 aliphatic carbocycles. The van der Waals surface area contributed by atoms with Gasteiger partial charge in [0.15, 0.2) is 0 Å². The molecule has 1 aromatic heterocycles. The monoisotopic (exact) mass is 259 g/mol. The zero-order valence-corrected chi connectivity index (χ0v) is 11.2. The number of pyridine rings is 1. The molecular weight excluding hydrogens is 238 g/mol. The predicted molar refractivity (Wildman–Crippen MR) is 73.3 cm³/mol. The summed E-state index contributed by atoms with van der Waals surface area (Å²) in [5, 5.41) is 22.0. The van der Waals surface area contributed by atoms with Gasteiger partial charge in [-0.1, -0.05) is 25.3 Å². The van der Waals surface area contributed by atoms with Crippen molar-refractivity contribution in [3.8, 4) is 6.07 Å². The number of aliphatic hydroxyl groups is 1. The van der Waals surface area contributed by atoms with E-state index < -0.39 is 0 Å². The van der Waals surface area contributed by atoms with Gasteiger partial charge in [0, 0.05) is 36.9 Å². The largest absolute Gasteiger partial charge is 0.396 e. The van der Waals surface area contributed by atoms with E-state index in [9.17, 15) is 5.11 Å². The van der Waals surface area contributed by atoms with Gasteiger partial charge >= 0.3 is 0 Å². The van der Waals surface area contributed by atoms with Crippen molar-refractivity contribution in [1.82, 2.24) is 10.3 Å². The van der Waals surface area contributed by atoms with Gasteiger partial charge in [-0.05, 0) is 18.9 Å². The number of nitrogens with one attached hydrogen (secondary N) is 1. The van der Waals surface area contributed by atoms with Crippen LogP contribution in [0.1, 0.15) is 43.4 Å². The van der Waals surface area contributed by atoms with E-state index in [1.165, 1.54) is 19.3 Å². The number of aliphatic hydroxyl groups excluding tert-OH is 1. The minimum absolute atomic E-state index is 0.0350. The Labute approximate surface area is 114 Å². The van der Waals surface area contributed by atoms with Gasteiger partial charge in [-0.2, -0.15) is 5.26 Å². The third-order valence-electron chi connectivity index (χ3n) is 4.06. The molecule has 0 bridgehead atoms. The lowest BCUT2D eigenvalue weighted by Gasteiger charge is -2.35. The van der Waals surface area contributed by atoms with Gasteiger partial charge in [0.05, 0.1) is 0 Å². The smallest absolute Gasteiger partial charge is 0.144 e. The van der Waals surface area contributed by atoms with E-state index >= 15 is 0 Å². The van der Waals surface area contributed by atoms with E-state index in [2.05, 4.69) is 16.4 Å². The fourth-order valence-corrected chi connectivity index (χ4v) is 2.84. The second-order valence-corrected chi connectivity index (χ2v) is 5.45. The first kappa shape index (κ1) is 14.0. The van der Waals surface area contributed by atoms with Crippen molar-refractivity contribution in [3.63, 3.8) is 0 Å². The molecule has 1 fully saturated rings. The van der Waals surface area contributed by atoms with Crippen LogP contribution in [0.5, 0.6) is 0 Å². The Morgan fingerprint density at radius 2 is 2.16 bits per heavy atom. The van der Waals surface area contributed by atoms with E-state index in [-0.39, 0.29) is 12.0 Å². The molecule has 1 aliphatic rings. The average Bonchev–Trinajstić information content (AvgIpc) is 2.49. The molecule has 0 saturated heterocycles. The SMILES string of the molecule is N#Cc1ncccc1CNCC1(CO)CCCCC1. The summed E-state index contributed by atoms with van der Waals surface area (Å²) < 4.78 is 0. The van der Waals surface area contributed by atoms with Gasteiger partial charge in [0.25, 0.3) is 0 Å². The zero-order chi connectivity index (χ0) is 13.6. The lowest BCUT2D eigenvalue weighted by atomic mass is 9.74. The summed E-state index contributed by atoms with van der Waals surface area (Å²) in [5.41, 5.74) is 1.44. The van der Waals surface area contributed by atoms with E-state index in [1.54, 1.807) is 6.20 Å². The summed E-state index contributed by atoms with van der Waals surface area (Å²) in [6, 6.07) is 5.88. The van der Waals surface area contributed by atoms with E-state index in [0.29, 0.717) is 12.2 Å². The van der Waals surface area contributed by atoms with Crippen LogP contribution in [0.2, 0.25) is 0 Å². The highest BCUT2D eigenvalue weighted by Crippen LogP contribution is 2.35. The summed E-state index contributed by atoms with van der Waals surface area (Å²) in [7, 11) is 0. The average molecular weight is 259 g/mol. The number of rotatable bonds is 5. The molecule has 0 aliphatic heterocycles. The van der Waals surface area contributed by atoms with Crippen molar-refractivity contribution in [3.05, 3.63) is 29.6 Å². The normalized spacial score (nSPS) is 17.9. The van der Waals surface area contributed by atoms with E-state index in [0.717, 1.165) is 24.9 Å². The lowest BCUT2D eigenvalue weighted by molar-refractivity contribution is 0.0810. The second-order valence-electron chi connectivity index (χ2n) is 5.45. The third-order valence-corrected chi connectivity index (χ3v) is 4.06. The Kier molecular flexibility index (Phi) is 4.89. The molecule has 19 heavy (non-hydrogen) atoms. The molecule has 1 aromatic rings. The highest BCUT2D eigenvalue weighted by molar-refractivity contribution is 5.30. The quantitative estimate of drug-likeness (QED) is 0.848. The van der Waals surface area contributed by atoms with Gasteiger partial charge in [-0.25, -0.2) is 4.98 Å². The third kappa shape index (κ3) is 3.52. The van der Waals surface area contributed by atoms with Crippen LogP contribution < -0.4 is 5.32 Å². The van der Waals surface area contributed by atoms with Crippen LogP contribution in [0.15, 0.2) is 18.3 Å². The topological polar surface area (TPSA) is 68.9 Å². The molecule has 4 heteroatoms. The molecule has 2 N–H and O–H groups in total. The van der Waals surface area contributed by atoms with Crippen LogP contribution in [0.3, 0.4) is 0 Å². The van der Waals surface area contributed by atoms with Crippen LogP contribution in [0, 0.1) is 16.7 Å². The summed E-state index contributed by atoms with van der Waals surface area (Å²) in [6.07, 6.45) is 7.52. The van der Waals surface area contributed by atoms with Gasteiger partial charge in [-0.3, -0.25) is 0 Å². The van der Waals surface area contributed by atoms with Crippen LogP contribution in [-0.4, -0.2) is 23.2 Å². The Hall–Kier alpha value is -1.44. The summed E-state index contributed by atoms with van der Waals surface area (Å²) in [4.78, 5) is 4.05. The molecule has 2 rings (SSSR count). The molecule has 0 atom stereocenters. The maximum absolute atomic E-state index is 9.63. The number of nitriles is 1. The fourth-order valence-electron chi connectivity index (χ4n) is 2.84. The summed E-state index contributed by atoms with van der Waals surface area (Å²) in [5.74, 6) is 0.